The van der Waals surface area contributed by atoms with Gasteiger partial charge in [-0.25, -0.2) is 4.98 Å². The summed E-state index contributed by atoms with van der Waals surface area (Å²) in [6.07, 6.45) is 10.1. The number of rotatable bonds is 7. The van der Waals surface area contributed by atoms with Crippen LogP contribution in [0, 0.1) is 0 Å². The molecule has 1 saturated heterocycles. The van der Waals surface area contributed by atoms with Gasteiger partial charge >= 0.3 is 0 Å². The maximum Gasteiger partial charge on any atom is 0.0948 e. The lowest BCUT2D eigenvalue weighted by Crippen LogP contribution is -2.16. The van der Waals surface area contributed by atoms with Crippen molar-refractivity contribution in [1.82, 2.24) is 14.9 Å². The van der Waals surface area contributed by atoms with E-state index >= 15 is 0 Å². The lowest BCUT2D eigenvalue weighted by atomic mass is 10.1. The molecule has 1 aromatic rings. The van der Waals surface area contributed by atoms with Gasteiger partial charge in [0.05, 0.1) is 12.0 Å². The maximum absolute atomic E-state index is 5.05. The van der Waals surface area contributed by atoms with Crippen molar-refractivity contribution >= 4 is 0 Å². The number of hydrogen-bond donors (Lipinski definition) is 1. The first-order valence-corrected chi connectivity index (χ1v) is 6.64. The minimum Gasteiger partial charge on any atom is -0.385 e. The quantitative estimate of drug-likeness (QED) is 0.738. The predicted molar refractivity (Wildman–Crippen MR) is 67.9 cm³/mol. The van der Waals surface area contributed by atoms with Crippen molar-refractivity contribution in [1.29, 1.82) is 0 Å². The second kappa shape index (κ2) is 6.77. The first kappa shape index (κ1) is 12.6. The molecule has 17 heavy (non-hydrogen) atoms. The van der Waals surface area contributed by atoms with E-state index in [0.29, 0.717) is 6.04 Å². The van der Waals surface area contributed by atoms with E-state index in [1.165, 1.54) is 31.4 Å². The lowest BCUT2D eigenvalue weighted by molar-refractivity contribution is 0.191. The second-order valence-corrected chi connectivity index (χ2v) is 4.71. The molecule has 0 bridgehead atoms. The van der Waals surface area contributed by atoms with Gasteiger partial charge in [-0.1, -0.05) is 0 Å². The van der Waals surface area contributed by atoms with E-state index in [0.717, 1.165) is 26.1 Å². The Balaban J connectivity index is 1.78. The summed E-state index contributed by atoms with van der Waals surface area (Å²) >= 11 is 0. The van der Waals surface area contributed by atoms with Crippen LogP contribution in [-0.4, -0.2) is 29.8 Å². The molecule has 1 aliphatic heterocycles. The van der Waals surface area contributed by atoms with Gasteiger partial charge in [0, 0.05) is 32.5 Å². The van der Waals surface area contributed by atoms with Crippen molar-refractivity contribution in [3.63, 3.8) is 0 Å². The smallest absolute Gasteiger partial charge is 0.0948 e. The molecule has 0 aliphatic carbocycles. The Hall–Kier alpha value is -0.870. The Labute approximate surface area is 103 Å². The standard InChI is InChI=1S/C13H23N3O/c1-17-9-4-2-3-8-16-11-14-10-13(16)12-6-5-7-15-12/h10-12,15H,2-9H2,1H3. The lowest BCUT2D eigenvalue weighted by Gasteiger charge is -2.13. The number of nitrogens with one attached hydrogen (secondary N) is 1. The molecule has 0 amide bonds. The van der Waals surface area contributed by atoms with Crippen LogP contribution in [0.4, 0.5) is 0 Å². The Morgan fingerprint density at radius 3 is 3.18 bits per heavy atom. The van der Waals surface area contributed by atoms with Crippen LogP contribution in [0.15, 0.2) is 12.5 Å². The molecule has 1 aromatic heterocycles. The van der Waals surface area contributed by atoms with Crippen molar-refractivity contribution in [2.75, 3.05) is 20.3 Å². The van der Waals surface area contributed by atoms with Gasteiger partial charge < -0.3 is 14.6 Å². The fourth-order valence-corrected chi connectivity index (χ4v) is 2.45. The number of nitrogens with zero attached hydrogens (tertiary/aromatic N) is 2. The zero-order valence-electron chi connectivity index (χ0n) is 10.7. The Morgan fingerprint density at radius 2 is 2.41 bits per heavy atom. The van der Waals surface area contributed by atoms with Gasteiger partial charge in [0.1, 0.15) is 0 Å². The van der Waals surface area contributed by atoms with Crippen LogP contribution in [0.3, 0.4) is 0 Å². The number of aryl methyl sites for hydroxylation is 1. The number of hydrogen-bond acceptors (Lipinski definition) is 3. The minimum absolute atomic E-state index is 0.525. The monoisotopic (exact) mass is 237 g/mol. The third kappa shape index (κ3) is 3.54. The topological polar surface area (TPSA) is 39.1 Å². The van der Waals surface area contributed by atoms with Gasteiger partial charge in [-0.15, -0.1) is 0 Å². The summed E-state index contributed by atoms with van der Waals surface area (Å²) < 4.78 is 7.36. The zero-order valence-corrected chi connectivity index (χ0v) is 10.7. The van der Waals surface area contributed by atoms with Crippen LogP contribution in [-0.2, 0) is 11.3 Å². The zero-order chi connectivity index (χ0) is 11.9. The number of methoxy groups -OCH3 is 1. The van der Waals surface area contributed by atoms with Gasteiger partial charge in [-0.3, -0.25) is 0 Å². The van der Waals surface area contributed by atoms with E-state index < -0.39 is 0 Å². The van der Waals surface area contributed by atoms with Crippen LogP contribution < -0.4 is 5.32 Å². The van der Waals surface area contributed by atoms with Crippen LogP contribution in [0.25, 0.3) is 0 Å². The summed E-state index contributed by atoms with van der Waals surface area (Å²) in [5, 5.41) is 3.53. The van der Waals surface area contributed by atoms with Crippen molar-refractivity contribution in [2.24, 2.45) is 0 Å². The van der Waals surface area contributed by atoms with Crippen LogP contribution in [0.1, 0.15) is 43.8 Å². The molecule has 4 heteroatoms. The Bertz CT molecular complexity index is 318. The Kier molecular flexibility index (Phi) is 5.01. The molecule has 2 rings (SSSR count). The third-order valence-corrected chi connectivity index (χ3v) is 3.41. The molecule has 4 nitrogen and oxygen atoms in total. The number of aromatic nitrogens is 2. The number of imidazole rings is 1. The highest BCUT2D eigenvalue weighted by molar-refractivity contribution is 5.07. The number of unbranched alkanes of at least 4 members (excludes halogenated alkanes) is 2. The molecular weight excluding hydrogens is 214 g/mol. The highest BCUT2D eigenvalue weighted by Gasteiger charge is 2.19. The summed E-state index contributed by atoms with van der Waals surface area (Å²) in [5.41, 5.74) is 1.36. The molecule has 1 unspecified atom stereocenters. The molecule has 0 radical (unpaired) electrons. The first-order chi connectivity index (χ1) is 8.42. The third-order valence-electron chi connectivity index (χ3n) is 3.41. The summed E-state index contributed by atoms with van der Waals surface area (Å²) in [6, 6.07) is 0.525. The number of ether oxygens (including phenoxy) is 1. The molecule has 1 fully saturated rings. The molecule has 0 spiro atoms. The fourth-order valence-electron chi connectivity index (χ4n) is 2.45. The van der Waals surface area contributed by atoms with Crippen molar-refractivity contribution in [3.05, 3.63) is 18.2 Å². The molecule has 1 N–H and O–H groups in total. The molecule has 1 aliphatic rings. The van der Waals surface area contributed by atoms with Gasteiger partial charge in [0.15, 0.2) is 0 Å². The molecular formula is C13H23N3O. The fraction of sp³-hybridized carbons (Fsp3) is 0.769. The van der Waals surface area contributed by atoms with Crippen LogP contribution >= 0.6 is 0 Å². The second-order valence-electron chi connectivity index (χ2n) is 4.71. The van der Waals surface area contributed by atoms with E-state index in [9.17, 15) is 0 Å². The van der Waals surface area contributed by atoms with Crippen LogP contribution in [0.5, 0.6) is 0 Å². The van der Waals surface area contributed by atoms with Crippen LogP contribution in [0.2, 0.25) is 0 Å². The molecule has 0 saturated carbocycles. The summed E-state index contributed by atoms with van der Waals surface area (Å²) in [5.74, 6) is 0. The van der Waals surface area contributed by atoms with Crippen molar-refractivity contribution in [2.45, 2.75) is 44.7 Å². The Morgan fingerprint density at radius 1 is 1.47 bits per heavy atom. The maximum atomic E-state index is 5.05. The highest BCUT2D eigenvalue weighted by Crippen LogP contribution is 2.22. The molecule has 2 heterocycles. The van der Waals surface area contributed by atoms with Gasteiger partial charge in [-0.05, 0) is 38.6 Å². The first-order valence-electron chi connectivity index (χ1n) is 6.64. The van der Waals surface area contributed by atoms with Gasteiger partial charge in [0.2, 0.25) is 0 Å². The molecule has 96 valence electrons. The largest absolute Gasteiger partial charge is 0.385 e. The summed E-state index contributed by atoms with van der Waals surface area (Å²) in [6.45, 7) is 3.10. The predicted octanol–water partition coefficient (Wildman–Crippen LogP) is 2.12. The summed E-state index contributed by atoms with van der Waals surface area (Å²) in [4.78, 5) is 4.28. The SMILES string of the molecule is COCCCCCn1cncc1C1CCCN1. The average molecular weight is 237 g/mol. The van der Waals surface area contributed by atoms with E-state index in [-0.39, 0.29) is 0 Å². The van der Waals surface area contributed by atoms with E-state index in [4.69, 9.17) is 4.74 Å². The normalized spacial score (nSPS) is 19.9. The van der Waals surface area contributed by atoms with E-state index in [1.807, 2.05) is 12.5 Å². The van der Waals surface area contributed by atoms with Crippen molar-refractivity contribution < 1.29 is 4.74 Å². The van der Waals surface area contributed by atoms with E-state index in [1.54, 1.807) is 7.11 Å². The summed E-state index contributed by atoms with van der Waals surface area (Å²) in [7, 11) is 1.76. The van der Waals surface area contributed by atoms with Gasteiger partial charge in [-0.2, -0.15) is 0 Å². The average Bonchev–Trinajstić information content (AvgIpc) is 2.98. The van der Waals surface area contributed by atoms with E-state index in [2.05, 4.69) is 14.9 Å². The van der Waals surface area contributed by atoms with Gasteiger partial charge in [0.25, 0.3) is 0 Å². The molecule has 0 aromatic carbocycles. The molecule has 1 atom stereocenters. The van der Waals surface area contributed by atoms with Crippen molar-refractivity contribution in [3.8, 4) is 0 Å². The minimum atomic E-state index is 0.525. The highest BCUT2D eigenvalue weighted by atomic mass is 16.5.